The molecule has 0 spiro atoms. The van der Waals surface area contributed by atoms with Gasteiger partial charge in [-0.1, -0.05) is 19.4 Å². The Morgan fingerprint density at radius 2 is 1.95 bits per heavy atom. The standard InChI is InChI=1S/C15H18O5/c1-7-5-15(20-8(2)16)6-14(3,4)10(7)9-11(15)13(18)19-12(9)17/h5,9-11H,6H2,1-4H3/t9-,10-,11-,15-/m1/s1. The SMILES string of the molecule is CC(=O)O[C@@]12C=C(C)[C@H]([C@H]3C(=O)OC(=O)[C@@H]31)C(C)(C)C2. The van der Waals surface area contributed by atoms with Crippen molar-refractivity contribution in [2.45, 2.75) is 39.7 Å². The van der Waals surface area contributed by atoms with E-state index in [2.05, 4.69) is 0 Å². The van der Waals surface area contributed by atoms with E-state index in [1.165, 1.54) is 6.92 Å². The summed E-state index contributed by atoms with van der Waals surface area (Å²) in [5.74, 6) is -2.76. The van der Waals surface area contributed by atoms with Gasteiger partial charge in [-0.05, 0) is 30.8 Å². The highest BCUT2D eigenvalue weighted by atomic mass is 16.6. The fourth-order valence-corrected chi connectivity index (χ4v) is 4.68. The summed E-state index contributed by atoms with van der Waals surface area (Å²) in [6.07, 6.45) is 2.39. The molecule has 5 heteroatoms. The van der Waals surface area contributed by atoms with Crippen molar-refractivity contribution in [1.82, 2.24) is 0 Å². The lowest BCUT2D eigenvalue weighted by Gasteiger charge is -2.56. The quantitative estimate of drug-likeness (QED) is 0.414. The summed E-state index contributed by atoms with van der Waals surface area (Å²) < 4.78 is 10.4. The third-order valence-electron chi connectivity index (χ3n) is 4.84. The van der Waals surface area contributed by atoms with Gasteiger partial charge in [-0.25, -0.2) is 0 Å². The Morgan fingerprint density at radius 1 is 1.30 bits per heavy atom. The molecule has 0 aromatic rings. The second-order valence-corrected chi connectivity index (χ2v) is 6.82. The van der Waals surface area contributed by atoms with Crippen molar-refractivity contribution in [3.63, 3.8) is 0 Å². The van der Waals surface area contributed by atoms with Crippen molar-refractivity contribution in [1.29, 1.82) is 0 Å². The first-order chi connectivity index (χ1) is 9.18. The van der Waals surface area contributed by atoms with Crippen LogP contribution < -0.4 is 0 Å². The molecule has 1 heterocycles. The van der Waals surface area contributed by atoms with Crippen molar-refractivity contribution in [3.8, 4) is 0 Å². The zero-order valence-corrected chi connectivity index (χ0v) is 12.1. The van der Waals surface area contributed by atoms with Crippen molar-refractivity contribution in [2.24, 2.45) is 23.2 Å². The van der Waals surface area contributed by atoms with Crippen molar-refractivity contribution >= 4 is 17.9 Å². The van der Waals surface area contributed by atoms with E-state index < -0.39 is 35.3 Å². The Labute approximate surface area is 117 Å². The van der Waals surface area contributed by atoms with Crippen molar-refractivity contribution < 1.29 is 23.9 Å². The Kier molecular flexibility index (Phi) is 2.48. The number of fused-ring (bicyclic) bond motifs is 1. The normalized spacial score (nSPS) is 41.0. The first kappa shape index (κ1) is 13.3. The van der Waals surface area contributed by atoms with Gasteiger partial charge in [0.05, 0.1) is 5.92 Å². The van der Waals surface area contributed by atoms with Crippen LogP contribution in [0.3, 0.4) is 0 Å². The monoisotopic (exact) mass is 278 g/mol. The molecule has 1 saturated heterocycles. The smallest absolute Gasteiger partial charge is 0.321 e. The van der Waals surface area contributed by atoms with Crippen molar-refractivity contribution in [2.75, 3.05) is 0 Å². The maximum atomic E-state index is 12.1. The molecule has 2 fully saturated rings. The second kappa shape index (κ2) is 3.71. The molecule has 108 valence electrons. The van der Waals surface area contributed by atoms with E-state index in [1.807, 2.05) is 26.8 Å². The predicted octanol–water partition coefficient (Wildman–Crippen LogP) is 1.61. The molecule has 2 bridgehead atoms. The van der Waals surface area contributed by atoms with Gasteiger partial charge in [0.25, 0.3) is 0 Å². The van der Waals surface area contributed by atoms with Crippen LogP contribution in [0.5, 0.6) is 0 Å². The topological polar surface area (TPSA) is 69.7 Å². The van der Waals surface area contributed by atoms with Crippen LogP contribution in [0.2, 0.25) is 0 Å². The minimum atomic E-state index is -1.04. The number of carbonyl (C=O) groups is 3. The number of esters is 3. The summed E-state index contributed by atoms with van der Waals surface area (Å²) in [5.41, 5.74) is -0.267. The third kappa shape index (κ3) is 1.52. The maximum absolute atomic E-state index is 12.1. The zero-order chi connectivity index (χ0) is 14.9. The second-order valence-electron chi connectivity index (χ2n) is 6.82. The first-order valence-corrected chi connectivity index (χ1v) is 6.82. The molecule has 0 radical (unpaired) electrons. The molecule has 0 amide bonds. The van der Waals surface area contributed by atoms with Crippen molar-refractivity contribution in [3.05, 3.63) is 11.6 Å². The Bertz CT molecular complexity index is 559. The van der Waals surface area contributed by atoms with Gasteiger partial charge >= 0.3 is 17.9 Å². The number of cyclic esters (lactones) is 2. The molecule has 4 aliphatic rings. The molecular weight excluding hydrogens is 260 g/mol. The average Bonchev–Trinajstić information content (AvgIpc) is 2.51. The molecule has 0 aromatic heterocycles. The molecule has 5 nitrogen and oxygen atoms in total. The lowest BCUT2D eigenvalue weighted by Crippen LogP contribution is -2.61. The van der Waals surface area contributed by atoms with E-state index in [1.54, 1.807) is 0 Å². The summed E-state index contributed by atoms with van der Waals surface area (Å²) in [6.45, 7) is 7.33. The van der Waals surface area contributed by atoms with E-state index in [0.29, 0.717) is 6.42 Å². The van der Waals surface area contributed by atoms with E-state index in [9.17, 15) is 14.4 Å². The van der Waals surface area contributed by atoms with Gasteiger partial charge in [-0.3, -0.25) is 14.4 Å². The number of ether oxygens (including phenoxy) is 2. The molecule has 1 saturated carbocycles. The number of rotatable bonds is 1. The number of hydrogen-bond acceptors (Lipinski definition) is 5. The maximum Gasteiger partial charge on any atom is 0.321 e. The number of carbonyl (C=O) groups excluding carboxylic acids is 3. The van der Waals surface area contributed by atoms with Crippen LogP contribution in [0.4, 0.5) is 0 Å². The zero-order valence-electron chi connectivity index (χ0n) is 12.1. The van der Waals surface area contributed by atoms with Crippen LogP contribution in [0, 0.1) is 23.2 Å². The Morgan fingerprint density at radius 3 is 2.50 bits per heavy atom. The molecule has 1 aliphatic heterocycles. The van der Waals surface area contributed by atoms with Gasteiger partial charge in [0.15, 0.2) is 0 Å². The van der Waals surface area contributed by atoms with E-state index >= 15 is 0 Å². The predicted molar refractivity (Wildman–Crippen MR) is 68.2 cm³/mol. The summed E-state index contributed by atoms with van der Waals surface area (Å²) in [7, 11) is 0. The Hall–Kier alpha value is -1.65. The molecule has 20 heavy (non-hydrogen) atoms. The summed E-state index contributed by atoms with van der Waals surface area (Å²) in [6, 6.07) is 0. The molecule has 0 unspecified atom stereocenters. The average molecular weight is 278 g/mol. The highest BCUT2D eigenvalue weighted by Gasteiger charge is 2.69. The molecule has 4 rings (SSSR count). The highest BCUT2D eigenvalue weighted by Crippen LogP contribution is 2.62. The van der Waals surface area contributed by atoms with Gasteiger partial charge < -0.3 is 9.47 Å². The fraction of sp³-hybridized carbons (Fsp3) is 0.667. The van der Waals surface area contributed by atoms with Gasteiger partial charge in [-0.2, -0.15) is 0 Å². The van der Waals surface area contributed by atoms with Crippen LogP contribution in [-0.2, 0) is 23.9 Å². The number of allylic oxidation sites excluding steroid dienone is 1. The first-order valence-electron chi connectivity index (χ1n) is 6.82. The number of hydrogen-bond donors (Lipinski definition) is 0. The van der Waals surface area contributed by atoms with Crippen LogP contribution in [0.25, 0.3) is 0 Å². The van der Waals surface area contributed by atoms with Crippen LogP contribution in [0.1, 0.15) is 34.1 Å². The van der Waals surface area contributed by atoms with Crippen LogP contribution in [0.15, 0.2) is 11.6 Å². The van der Waals surface area contributed by atoms with E-state index in [0.717, 1.165) is 5.57 Å². The summed E-state index contributed by atoms with van der Waals surface area (Å²) >= 11 is 0. The molecular formula is C15H18O5. The van der Waals surface area contributed by atoms with Gasteiger partial charge in [0.1, 0.15) is 11.5 Å². The summed E-state index contributed by atoms with van der Waals surface area (Å²) in [4.78, 5) is 35.6. The molecule has 0 N–H and O–H groups in total. The molecule has 3 aliphatic carbocycles. The fourth-order valence-electron chi connectivity index (χ4n) is 4.68. The minimum Gasteiger partial charge on any atom is -0.454 e. The molecule has 4 atom stereocenters. The lowest BCUT2D eigenvalue weighted by atomic mass is 9.49. The lowest BCUT2D eigenvalue weighted by molar-refractivity contribution is -0.180. The minimum absolute atomic E-state index is 0.0381. The van der Waals surface area contributed by atoms with Gasteiger partial charge in [0, 0.05) is 6.92 Å². The van der Waals surface area contributed by atoms with Crippen LogP contribution in [-0.4, -0.2) is 23.5 Å². The van der Waals surface area contributed by atoms with E-state index in [4.69, 9.17) is 9.47 Å². The third-order valence-corrected chi connectivity index (χ3v) is 4.84. The van der Waals surface area contributed by atoms with Gasteiger partial charge in [-0.15, -0.1) is 0 Å². The van der Waals surface area contributed by atoms with E-state index in [-0.39, 0.29) is 11.3 Å². The summed E-state index contributed by atoms with van der Waals surface area (Å²) in [5, 5.41) is 0. The molecule has 0 aromatic carbocycles. The van der Waals surface area contributed by atoms with Crippen LogP contribution >= 0.6 is 0 Å². The Balaban J connectivity index is 2.19. The largest absolute Gasteiger partial charge is 0.454 e. The highest BCUT2D eigenvalue weighted by molar-refractivity contribution is 5.99. The van der Waals surface area contributed by atoms with Gasteiger partial charge in [0.2, 0.25) is 0 Å².